The summed E-state index contributed by atoms with van der Waals surface area (Å²) < 4.78 is 0. The Kier molecular flexibility index (Phi) is 4.39. The smallest absolute Gasteiger partial charge is 0.213 e. The molecule has 4 N–H and O–H groups in total. The molecule has 1 rings (SSSR count). The van der Waals surface area contributed by atoms with E-state index in [4.69, 9.17) is 16.7 Å². The van der Waals surface area contributed by atoms with Crippen LogP contribution in [-0.4, -0.2) is 16.7 Å². The molecule has 1 heterocycles. The largest absolute Gasteiger partial charge is 0.370 e. The summed E-state index contributed by atoms with van der Waals surface area (Å²) in [7, 11) is 0. The highest BCUT2D eigenvalue weighted by Crippen LogP contribution is 2.31. The Balaban J connectivity index is 2.70. The van der Waals surface area contributed by atoms with Gasteiger partial charge in [0.25, 0.3) is 0 Å². The maximum atomic E-state index is 8.40. The van der Waals surface area contributed by atoms with E-state index < -0.39 is 0 Å². The van der Waals surface area contributed by atoms with Crippen molar-refractivity contribution in [3.8, 4) is 6.07 Å². The molecule has 0 atom stereocenters. The molecular formula is C8H11N5S2. The molecule has 0 unspecified atom stereocenters. The van der Waals surface area contributed by atoms with Gasteiger partial charge in [0.05, 0.1) is 6.07 Å². The lowest BCUT2D eigenvalue weighted by Gasteiger charge is -1.92. The Labute approximate surface area is 96.2 Å². The third kappa shape index (κ3) is 3.77. The van der Waals surface area contributed by atoms with Crippen LogP contribution in [0.5, 0.6) is 0 Å². The lowest BCUT2D eigenvalue weighted by Crippen LogP contribution is -2.21. The first-order valence-corrected chi connectivity index (χ1v) is 6.00. The van der Waals surface area contributed by atoms with Gasteiger partial charge in [0.15, 0.2) is 5.96 Å². The van der Waals surface area contributed by atoms with Gasteiger partial charge in [-0.3, -0.25) is 0 Å². The van der Waals surface area contributed by atoms with E-state index in [1.807, 2.05) is 6.92 Å². The first-order valence-electron chi connectivity index (χ1n) is 4.20. The molecule has 15 heavy (non-hydrogen) atoms. The van der Waals surface area contributed by atoms with Gasteiger partial charge in [0, 0.05) is 17.1 Å². The van der Waals surface area contributed by atoms with Gasteiger partial charge in [-0.2, -0.15) is 10.3 Å². The molecule has 0 aliphatic heterocycles. The van der Waals surface area contributed by atoms with Crippen molar-refractivity contribution in [3.05, 3.63) is 4.88 Å². The van der Waals surface area contributed by atoms with Gasteiger partial charge in [-0.15, -0.1) is 11.8 Å². The second-order valence-electron chi connectivity index (χ2n) is 2.65. The number of aromatic nitrogens is 1. The SMILES string of the molecule is Cc1sc(N=C(N)N)nc1SCCC#N. The number of aryl methyl sites for hydroxylation is 1. The fourth-order valence-corrected chi connectivity index (χ4v) is 2.65. The summed E-state index contributed by atoms with van der Waals surface area (Å²) in [5.74, 6) is 0.750. The molecule has 0 bridgehead atoms. The molecule has 80 valence electrons. The number of hydrogen-bond donors (Lipinski definition) is 2. The summed E-state index contributed by atoms with van der Waals surface area (Å²) in [4.78, 5) is 9.18. The van der Waals surface area contributed by atoms with Crippen LogP contribution in [0.15, 0.2) is 10.0 Å². The van der Waals surface area contributed by atoms with Crippen molar-refractivity contribution in [2.45, 2.75) is 18.4 Å². The van der Waals surface area contributed by atoms with Crippen molar-refractivity contribution in [3.63, 3.8) is 0 Å². The van der Waals surface area contributed by atoms with Crippen LogP contribution in [0.3, 0.4) is 0 Å². The monoisotopic (exact) mass is 241 g/mol. The van der Waals surface area contributed by atoms with Crippen LogP contribution in [0.4, 0.5) is 5.13 Å². The average molecular weight is 241 g/mol. The Morgan fingerprint density at radius 2 is 2.40 bits per heavy atom. The van der Waals surface area contributed by atoms with E-state index in [0.29, 0.717) is 11.6 Å². The highest BCUT2D eigenvalue weighted by molar-refractivity contribution is 7.99. The van der Waals surface area contributed by atoms with Gasteiger partial charge in [0.1, 0.15) is 5.03 Å². The first-order chi connectivity index (χ1) is 7.13. The van der Waals surface area contributed by atoms with Crippen molar-refractivity contribution >= 4 is 34.2 Å². The zero-order valence-corrected chi connectivity index (χ0v) is 9.86. The second kappa shape index (κ2) is 5.58. The summed E-state index contributed by atoms with van der Waals surface area (Å²) in [5.41, 5.74) is 10.5. The number of nitrogens with two attached hydrogens (primary N) is 2. The number of thiazole rings is 1. The van der Waals surface area contributed by atoms with Crippen molar-refractivity contribution < 1.29 is 0 Å². The van der Waals surface area contributed by atoms with Crippen LogP contribution >= 0.6 is 23.1 Å². The van der Waals surface area contributed by atoms with Crippen LogP contribution in [0.1, 0.15) is 11.3 Å². The highest BCUT2D eigenvalue weighted by atomic mass is 32.2. The Bertz CT molecular complexity index is 400. The predicted molar refractivity (Wildman–Crippen MR) is 63.3 cm³/mol. The molecule has 0 aliphatic carbocycles. The van der Waals surface area contributed by atoms with Gasteiger partial charge < -0.3 is 11.5 Å². The van der Waals surface area contributed by atoms with Gasteiger partial charge in [-0.05, 0) is 6.92 Å². The standard InChI is InChI=1S/C8H11N5S2/c1-5-6(14-4-2-3-9)12-8(15-5)13-7(10)11/h2,4H2,1H3,(H4,10,11,12,13). The van der Waals surface area contributed by atoms with Crippen LogP contribution in [0.2, 0.25) is 0 Å². The molecule has 0 saturated carbocycles. The van der Waals surface area contributed by atoms with Crippen LogP contribution in [0, 0.1) is 18.3 Å². The molecule has 0 aliphatic rings. The van der Waals surface area contributed by atoms with Crippen molar-refractivity contribution in [2.24, 2.45) is 16.5 Å². The quantitative estimate of drug-likeness (QED) is 0.359. The molecule has 5 nitrogen and oxygen atoms in total. The van der Waals surface area contributed by atoms with Crippen LogP contribution < -0.4 is 11.5 Å². The first kappa shape index (κ1) is 11.8. The van der Waals surface area contributed by atoms with Gasteiger partial charge in [0.2, 0.25) is 5.13 Å². The third-order valence-corrected chi connectivity index (χ3v) is 3.49. The van der Waals surface area contributed by atoms with Gasteiger partial charge >= 0.3 is 0 Å². The third-order valence-electron chi connectivity index (χ3n) is 1.42. The van der Waals surface area contributed by atoms with Crippen LogP contribution in [-0.2, 0) is 0 Å². The molecule has 0 spiro atoms. The number of thioether (sulfide) groups is 1. The number of hydrogen-bond acceptors (Lipinski definition) is 5. The molecule has 1 aromatic heterocycles. The van der Waals surface area contributed by atoms with E-state index in [-0.39, 0.29) is 5.96 Å². The van der Waals surface area contributed by atoms with Crippen molar-refractivity contribution in [1.29, 1.82) is 5.26 Å². The molecule has 0 radical (unpaired) electrons. The molecule has 1 aromatic rings. The number of guanidine groups is 1. The molecule has 0 amide bonds. The Hall–Kier alpha value is -1.26. The van der Waals surface area contributed by atoms with Crippen molar-refractivity contribution in [1.82, 2.24) is 4.98 Å². The molecular weight excluding hydrogens is 230 g/mol. The Morgan fingerprint density at radius 3 is 3.00 bits per heavy atom. The minimum Gasteiger partial charge on any atom is -0.370 e. The summed E-state index contributed by atoms with van der Waals surface area (Å²) in [6, 6.07) is 2.08. The normalized spacial score (nSPS) is 9.60. The average Bonchev–Trinajstić information content (AvgIpc) is 2.46. The van der Waals surface area contributed by atoms with Crippen molar-refractivity contribution in [2.75, 3.05) is 5.75 Å². The van der Waals surface area contributed by atoms with Crippen LogP contribution in [0.25, 0.3) is 0 Å². The summed E-state index contributed by atoms with van der Waals surface area (Å²) in [6.07, 6.45) is 0.513. The molecule has 0 saturated heterocycles. The fourth-order valence-electron chi connectivity index (χ4n) is 0.855. The lowest BCUT2D eigenvalue weighted by atomic mass is 10.6. The fraction of sp³-hybridized carbons (Fsp3) is 0.375. The minimum atomic E-state index is 0.0114. The van der Waals surface area contributed by atoms with Gasteiger partial charge in [-0.25, -0.2) is 4.98 Å². The van der Waals surface area contributed by atoms with Gasteiger partial charge in [-0.1, -0.05) is 11.3 Å². The number of rotatable bonds is 4. The number of aliphatic imine (C=N–C) groups is 1. The number of nitrogens with zero attached hydrogens (tertiary/aromatic N) is 3. The predicted octanol–water partition coefficient (Wildman–Crippen LogP) is 1.36. The summed E-state index contributed by atoms with van der Waals surface area (Å²) in [5, 5.41) is 9.86. The van der Waals surface area contributed by atoms with E-state index in [0.717, 1.165) is 15.7 Å². The van der Waals surface area contributed by atoms with E-state index in [9.17, 15) is 0 Å². The molecule has 0 aromatic carbocycles. The summed E-state index contributed by atoms with van der Waals surface area (Å²) in [6.45, 7) is 1.96. The zero-order valence-electron chi connectivity index (χ0n) is 8.23. The van der Waals surface area contributed by atoms with E-state index in [2.05, 4.69) is 16.0 Å². The second-order valence-corrected chi connectivity index (χ2v) is 4.92. The molecule has 7 heteroatoms. The van der Waals surface area contributed by atoms with E-state index in [1.165, 1.54) is 11.3 Å². The van der Waals surface area contributed by atoms with E-state index >= 15 is 0 Å². The Morgan fingerprint density at radius 1 is 1.67 bits per heavy atom. The highest BCUT2D eigenvalue weighted by Gasteiger charge is 2.07. The lowest BCUT2D eigenvalue weighted by molar-refractivity contribution is 1.13. The number of nitriles is 1. The summed E-state index contributed by atoms with van der Waals surface area (Å²) >= 11 is 2.98. The topological polar surface area (TPSA) is 101 Å². The zero-order chi connectivity index (χ0) is 11.3. The minimum absolute atomic E-state index is 0.0114. The maximum absolute atomic E-state index is 8.40. The molecule has 0 fully saturated rings. The van der Waals surface area contributed by atoms with E-state index in [1.54, 1.807) is 11.8 Å². The maximum Gasteiger partial charge on any atom is 0.213 e.